The van der Waals surface area contributed by atoms with E-state index in [1.54, 1.807) is 0 Å². The van der Waals surface area contributed by atoms with Crippen molar-refractivity contribution in [2.75, 3.05) is 13.1 Å². The van der Waals surface area contributed by atoms with Crippen LogP contribution in [0.3, 0.4) is 0 Å². The van der Waals surface area contributed by atoms with Gasteiger partial charge in [0.05, 0.1) is 5.92 Å². The van der Waals surface area contributed by atoms with Gasteiger partial charge in [0.2, 0.25) is 11.8 Å². The molecule has 0 saturated carbocycles. The molecule has 0 aromatic rings. The fourth-order valence-corrected chi connectivity index (χ4v) is 3.28. The molecule has 0 spiro atoms. The van der Waals surface area contributed by atoms with Crippen molar-refractivity contribution in [1.29, 1.82) is 0 Å². The lowest BCUT2D eigenvalue weighted by Crippen LogP contribution is -2.58. The third-order valence-corrected chi connectivity index (χ3v) is 4.40. The second-order valence-corrected chi connectivity index (χ2v) is 6.40. The highest BCUT2D eigenvalue weighted by molar-refractivity contribution is 5.88. The maximum absolute atomic E-state index is 12.6. The van der Waals surface area contributed by atoms with E-state index in [0.717, 1.165) is 12.8 Å². The maximum atomic E-state index is 12.6. The Bertz CT molecular complexity index is 423. The first kappa shape index (κ1) is 14.8. The SMILES string of the molecule is CC1(C)CCCN(C(=O)C2CCC(=O)NC2)C1C(=O)O. The lowest BCUT2D eigenvalue weighted by atomic mass is 9.76. The summed E-state index contributed by atoms with van der Waals surface area (Å²) < 4.78 is 0. The molecule has 0 aromatic heterocycles. The second-order valence-electron chi connectivity index (χ2n) is 6.40. The van der Waals surface area contributed by atoms with Crippen LogP contribution >= 0.6 is 0 Å². The molecular formula is C14H22N2O4. The number of hydrogen-bond acceptors (Lipinski definition) is 3. The van der Waals surface area contributed by atoms with Crippen LogP contribution in [-0.2, 0) is 14.4 Å². The van der Waals surface area contributed by atoms with Crippen molar-refractivity contribution in [1.82, 2.24) is 10.2 Å². The third-order valence-electron chi connectivity index (χ3n) is 4.40. The normalized spacial score (nSPS) is 29.7. The number of carbonyl (C=O) groups excluding carboxylic acids is 2. The predicted octanol–water partition coefficient (Wildman–Crippen LogP) is 0.614. The summed E-state index contributed by atoms with van der Waals surface area (Å²) in [5, 5.41) is 12.2. The van der Waals surface area contributed by atoms with Crippen molar-refractivity contribution in [3.8, 4) is 0 Å². The van der Waals surface area contributed by atoms with Gasteiger partial charge in [0.15, 0.2) is 0 Å². The highest BCUT2D eigenvalue weighted by Crippen LogP contribution is 2.36. The summed E-state index contributed by atoms with van der Waals surface area (Å²) in [6.07, 6.45) is 2.47. The highest BCUT2D eigenvalue weighted by atomic mass is 16.4. The molecule has 0 bridgehead atoms. The molecule has 2 fully saturated rings. The minimum absolute atomic E-state index is 0.0391. The van der Waals surface area contributed by atoms with E-state index >= 15 is 0 Å². The summed E-state index contributed by atoms with van der Waals surface area (Å²) in [5.41, 5.74) is -0.419. The number of rotatable bonds is 2. The number of carbonyl (C=O) groups is 3. The molecule has 0 radical (unpaired) electrons. The van der Waals surface area contributed by atoms with E-state index in [2.05, 4.69) is 5.32 Å². The largest absolute Gasteiger partial charge is 0.480 e. The van der Waals surface area contributed by atoms with Crippen molar-refractivity contribution in [3.63, 3.8) is 0 Å². The fourth-order valence-electron chi connectivity index (χ4n) is 3.28. The van der Waals surface area contributed by atoms with E-state index in [9.17, 15) is 19.5 Å². The van der Waals surface area contributed by atoms with Gasteiger partial charge in [-0.1, -0.05) is 13.8 Å². The van der Waals surface area contributed by atoms with Crippen LogP contribution in [-0.4, -0.2) is 46.9 Å². The van der Waals surface area contributed by atoms with E-state index in [1.807, 2.05) is 13.8 Å². The standard InChI is InChI=1S/C14H22N2O4/c1-14(2)6-3-7-16(11(14)13(19)20)12(18)9-4-5-10(17)15-8-9/h9,11H,3-8H2,1-2H3,(H,15,17)(H,19,20). The summed E-state index contributed by atoms with van der Waals surface area (Å²) >= 11 is 0. The van der Waals surface area contributed by atoms with Crippen molar-refractivity contribution in [3.05, 3.63) is 0 Å². The average Bonchev–Trinajstić information content (AvgIpc) is 2.36. The van der Waals surface area contributed by atoms with Gasteiger partial charge in [-0.3, -0.25) is 9.59 Å². The van der Waals surface area contributed by atoms with Crippen molar-refractivity contribution >= 4 is 17.8 Å². The van der Waals surface area contributed by atoms with E-state index in [1.165, 1.54) is 4.90 Å². The Kier molecular flexibility index (Phi) is 4.01. The Morgan fingerprint density at radius 2 is 2.10 bits per heavy atom. The van der Waals surface area contributed by atoms with E-state index in [-0.39, 0.29) is 17.7 Å². The van der Waals surface area contributed by atoms with Gasteiger partial charge < -0.3 is 15.3 Å². The summed E-state index contributed by atoms with van der Waals surface area (Å²) in [5.74, 6) is -1.40. The number of carboxylic acids is 1. The van der Waals surface area contributed by atoms with Crippen LogP contribution in [0.5, 0.6) is 0 Å². The van der Waals surface area contributed by atoms with Crippen molar-refractivity contribution in [2.24, 2.45) is 11.3 Å². The first-order valence-electron chi connectivity index (χ1n) is 7.13. The zero-order valence-corrected chi connectivity index (χ0v) is 12.0. The fraction of sp³-hybridized carbons (Fsp3) is 0.786. The molecule has 2 unspecified atom stereocenters. The van der Waals surface area contributed by atoms with Gasteiger partial charge in [-0.15, -0.1) is 0 Å². The number of nitrogens with one attached hydrogen (secondary N) is 1. The van der Waals surface area contributed by atoms with Gasteiger partial charge in [0, 0.05) is 19.5 Å². The number of likely N-dealkylation sites (tertiary alicyclic amines) is 1. The van der Waals surface area contributed by atoms with Gasteiger partial charge in [-0.05, 0) is 24.7 Å². The first-order valence-corrected chi connectivity index (χ1v) is 7.13. The lowest BCUT2D eigenvalue weighted by Gasteiger charge is -2.45. The average molecular weight is 282 g/mol. The minimum Gasteiger partial charge on any atom is -0.480 e. The van der Waals surface area contributed by atoms with E-state index < -0.39 is 17.4 Å². The summed E-state index contributed by atoms with van der Waals surface area (Å²) in [4.78, 5) is 36.8. The molecule has 2 atom stereocenters. The van der Waals surface area contributed by atoms with Gasteiger partial charge in [0.25, 0.3) is 0 Å². The van der Waals surface area contributed by atoms with Crippen molar-refractivity contribution < 1.29 is 19.5 Å². The minimum atomic E-state index is -0.942. The van der Waals surface area contributed by atoms with E-state index in [4.69, 9.17) is 0 Å². The molecule has 0 aliphatic carbocycles. The zero-order valence-electron chi connectivity index (χ0n) is 12.0. The monoisotopic (exact) mass is 282 g/mol. The van der Waals surface area contributed by atoms with Crippen LogP contribution < -0.4 is 5.32 Å². The number of amides is 2. The van der Waals surface area contributed by atoms with Crippen LogP contribution in [0.2, 0.25) is 0 Å². The summed E-state index contributed by atoms with van der Waals surface area (Å²) in [6, 6.07) is -0.777. The number of nitrogens with zero attached hydrogens (tertiary/aromatic N) is 1. The lowest BCUT2D eigenvalue weighted by molar-refractivity contribution is -0.161. The topological polar surface area (TPSA) is 86.7 Å². The molecular weight excluding hydrogens is 260 g/mol. The Morgan fingerprint density at radius 3 is 2.65 bits per heavy atom. The van der Waals surface area contributed by atoms with Gasteiger partial charge in [0.1, 0.15) is 6.04 Å². The molecule has 2 amide bonds. The van der Waals surface area contributed by atoms with E-state index in [0.29, 0.717) is 25.9 Å². The van der Waals surface area contributed by atoms with Crippen LogP contribution in [0.1, 0.15) is 39.5 Å². The second kappa shape index (κ2) is 5.42. The Morgan fingerprint density at radius 1 is 1.40 bits per heavy atom. The summed E-state index contributed by atoms with van der Waals surface area (Å²) in [7, 11) is 0. The Hall–Kier alpha value is -1.59. The molecule has 112 valence electrons. The molecule has 20 heavy (non-hydrogen) atoms. The number of carboxylic acid groups (broad SMARTS) is 1. The van der Waals surface area contributed by atoms with Crippen LogP contribution in [0, 0.1) is 11.3 Å². The zero-order chi connectivity index (χ0) is 14.9. The smallest absolute Gasteiger partial charge is 0.326 e. The highest BCUT2D eigenvalue weighted by Gasteiger charge is 2.46. The molecule has 6 nitrogen and oxygen atoms in total. The molecule has 2 heterocycles. The molecule has 6 heteroatoms. The van der Waals surface area contributed by atoms with Crippen LogP contribution in [0.25, 0.3) is 0 Å². The molecule has 2 saturated heterocycles. The molecule has 2 rings (SSSR count). The maximum Gasteiger partial charge on any atom is 0.326 e. The van der Waals surface area contributed by atoms with Gasteiger partial charge in [-0.25, -0.2) is 4.79 Å². The Balaban J connectivity index is 2.14. The molecule has 2 aliphatic rings. The molecule has 2 N–H and O–H groups in total. The number of hydrogen-bond donors (Lipinski definition) is 2. The van der Waals surface area contributed by atoms with Crippen LogP contribution in [0.15, 0.2) is 0 Å². The molecule has 0 aromatic carbocycles. The van der Waals surface area contributed by atoms with Gasteiger partial charge >= 0.3 is 5.97 Å². The number of piperidine rings is 2. The van der Waals surface area contributed by atoms with Crippen molar-refractivity contribution in [2.45, 2.75) is 45.6 Å². The third kappa shape index (κ3) is 2.78. The predicted molar refractivity (Wildman–Crippen MR) is 71.9 cm³/mol. The Labute approximate surface area is 118 Å². The van der Waals surface area contributed by atoms with Gasteiger partial charge in [-0.2, -0.15) is 0 Å². The van der Waals surface area contributed by atoms with Crippen LogP contribution in [0.4, 0.5) is 0 Å². The number of aliphatic carboxylic acids is 1. The first-order chi connectivity index (χ1) is 9.33. The molecule has 2 aliphatic heterocycles. The summed E-state index contributed by atoms with van der Waals surface area (Å²) in [6.45, 7) is 4.60. The quantitative estimate of drug-likeness (QED) is 0.777.